The minimum atomic E-state index is 0.0419. The molecular formula is C8H15N5O. The number of nitrogens with zero attached hydrogens (tertiary/aromatic N) is 3. The van der Waals surface area contributed by atoms with Crippen molar-refractivity contribution in [1.82, 2.24) is 15.5 Å². The molecule has 0 fully saturated rings. The normalized spacial score (nSPS) is 30.4. The van der Waals surface area contributed by atoms with Crippen molar-refractivity contribution in [2.75, 3.05) is 26.9 Å². The van der Waals surface area contributed by atoms with Gasteiger partial charge in [-0.05, 0) is 7.05 Å². The van der Waals surface area contributed by atoms with E-state index in [1.807, 2.05) is 11.9 Å². The topological polar surface area (TPSA) is 72.2 Å². The Balaban J connectivity index is 2.11. The standard InChI is InChI=1S/C8H15N5O/c1-9-7-6-8(11-4-10-7)13(2-3-14)5-12-6/h5-7,9-10,14H,2-4H2,1H3. The van der Waals surface area contributed by atoms with Crippen molar-refractivity contribution in [3.63, 3.8) is 0 Å². The Labute approximate surface area is 82.7 Å². The highest BCUT2D eigenvalue weighted by molar-refractivity contribution is 6.01. The van der Waals surface area contributed by atoms with Crippen molar-refractivity contribution >= 4 is 12.2 Å². The first kappa shape index (κ1) is 9.57. The van der Waals surface area contributed by atoms with Crippen molar-refractivity contribution in [2.45, 2.75) is 12.2 Å². The van der Waals surface area contributed by atoms with Gasteiger partial charge in [0.2, 0.25) is 0 Å². The number of hydrogen-bond acceptors (Lipinski definition) is 6. The van der Waals surface area contributed by atoms with Gasteiger partial charge in [-0.25, -0.2) is 0 Å². The molecule has 2 aliphatic heterocycles. The van der Waals surface area contributed by atoms with Crippen LogP contribution in [0, 0.1) is 0 Å². The molecular weight excluding hydrogens is 182 g/mol. The zero-order valence-corrected chi connectivity index (χ0v) is 8.14. The summed E-state index contributed by atoms with van der Waals surface area (Å²) < 4.78 is 0. The largest absolute Gasteiger partial charge is 0.395 e. The second kappa shape index (κ2) is 4.04. The van der Waals surface area contributed by atoms with E-state index in [1.165, 1.54) is 0 Å². The molecule has 2 aliphatic rings. The third kappa shape index (κ3) is 1.52. The number of likely N-dealkylation sites (N-methyl/N-ethyl adjacent to an activating group) is 1. The number of aliphatic hydroxyl groups is 1. The molecule has 0 amide bonds. The summed E-state index contributed by atoms with van der Waals surface area (Å²) >= 11 is 0. The second-order valence-corrected chi connectivity index (χ2v) is 3.27. The van der Waals surface area contributed by atoms with Gasteiger partial charge in [0.25, 0.3) is 0 Å². The maximum Gasteiger partial charge on any atom is 0.138 e. The van der Waals surface area contributed by atoms with E-state index in [2.05, 4.69) is 20.6 Å². The van der Waals surface area contributed by atoms with Crippen LogP contribution in [-0.2, 0) is 0 Å². The molecule has 2 atom stereocenters. The van der Waals surface area contributed by atoms with E-state index < -0.39 is 0 Å². The monoisotopic (exact) mass is 197 g/mol. The molecule has 2 unspecified atom stereocenters. The molecule has 2 rings (SSSR count). The Morgan fingerprint density at radius 1 is 1.79 bits per heavy atom. The third-order valence-corrected chi connectivity index (χ3v) is 2.45. The van der Waals surface area contributed by atoms with E-state index in [0.717, 1.165) is 5.84 Å². The minimum Gasteiger partial charge on any atom is -0.395 e. The van der Waals surface area contributed by atoms with Gasteiger partial charge in [0, 0.05) is 6.54 Å². The lowest BCUT2D eigenvalue weighted by Crippen LogP contribution is -2.55. The SMILES string of the molecule is CNC1NCN=C2C1N=CN2CCO. The molecule has 0 aromatic carbocycles. The van der Waals surface area contributed by atoms with Crippen LogP contribution in [0.25, 0.3) is 0 Å². The van der Waals surface area contributed by atoms with E-state index in [0.29, 0.717) is 13.2 Å². The Hall–Kier alpha value is -0.980. The summed E-state index contributed by atoms with van der Waals surface area (Å²) in [7, 11) is 1.89. The molecule has 0 aromatic heterocycles. The summed E-state index contributed by atoms with van der Waals surface area (Å²) in [5.41, 5.74) is 0. The molecule has 0 aromatic rings. The zero-order valence-electron chi connectivity index (χ0n) is 8.14. The van der Waals surface area contributed by atoms with Crippen molar-refractivity contribution in [3.05, 3.63) is 0 Å². The average molecular weight is 197 g/mol. The van der Waals surface area contributed by atoms with E-state index in [9.17, 15) is 0 Å². The van der Waals surface area contributed by atoms with Gasteiger partial charge in [0.15, 0.2) is 0 Å². The van der Waals surface area contributed by atoms with Crippen LogP contribution >= 0.6 is 0 Å². The number of β-amino-alcohol motifs (C(OH)–C–C–N with tert-alkyl or cyclic N) is 1. The lowest BCUT2D eigenvalue weighted by molar-refractivity contribution is 0.277. The van der Waals surface area contributed by atoms with Crippen molar-refractivity contribution < 1.29 is 5.11 Å². The van der Waals surface area contributed by atoms with Gasteiger partial charge in [0.05, 0.1) is 25.8 Å². The molecule has 6 nitrogen and oxygen atoms in total. The summed E-state index contributed by atoms with van der Waals surface area (Å²) in [6.45, 7) is 1.29. The highest BCUT2D eigenvalue weighted by Gasteiger charge is 2.34. The molecule has 0 spiro atoms. The Morgan fingerprint density at radius 2 is 2.64 bits per heavy atom. The highest BCUT2D eigenvalue weighted by Crippen LogP contribution is 2.13. The summed E-state index contributed by atoms with van der Waals surface area (Å²) in [6.07, 6.45) is 1.89. The van der Waals surface area contributed by atoms with Crippen molar-refractivity contribution in [2.24, 2.45) is 9.98 Å². The maximum absolute atomic E-state index is 8.85. The fourth-order valence-electron chi connectivity index (χ4n) is 1.74. The average Bonchev–Trinajstić information content (AvgIpc) is 2.62. The molecule has 0 saturated carbocycles. The fourth-order valence-corrected chi connectivity index (χ4v) is 1.74. The van der Waals surface area contributed by atoms with Gasteiger partial charge in [0.1, 0.15) is 11.9 Å². The van der Waals surface area contributed by atoms with Gasteiger partial charge < -0.3 is 15.3 Å². The Bertz CT molecular complexity index is 264. The van der Waals surface area contributed by atoms with E-state index in [4.69, 9.17) is 5.11 Å². The number of nitrogens with one attached hydrogen (secondary N) is 2. The van der Waals surface area contributed by atoms with Crippen LogP contribution in [0.2, 0.25) is 0 Å². The molecule has 0 saturated heterocycles. The van der Waals surface area contributed by atoms with Crippen LogP contribution < -0.4 is 10.6 Å². The van der Waals surface area contributed by atoms with Gasteiger partial charge in [-0.1, -0.05) is 0 Å². The lowest BCUT2D eigenvalue weighted by atomic mass is 10.2. The van der Waals surface area contributed by atoms with Crippen LogP contribution in [0.3, 0.4) is 0 Å². The second-order valence-electron chi connectivity index (χ2n) is 3.27. The molecule has 0 bridgehead atoms. The van der Waals surface area contributed by atoms with Gasteiger partial charge in [-0.15, -0.1) is 0 Å². The fraction of sp³-hybridized carbons (Fsp3) is 0.750. The van der Waals surface area contributed by atoms with Crippen molar-refractivity contribution in [1.29, 1.82) is 0 Å². The van der Waals surface area contributed by atoms with Crippen molar-refractivity contribution in [3.8, 4) is 0 Å². The third-order valence-electron chi connectivity index (χ3n) is 2.45. The van der Waals surface area contributed by atoms with Crippen LogP contribution in [0.4, 0.5) is 0 Å². The molecule has 0 aliphatic carbocycles. The van der Waals surface area contributed by atoms with Gasteiger partial charge in [-0.2, -0.15) is 0 Å². The smallest absolute Gasteiger partial charge is 0.138 e. The zero-order chi connectivity index (χ0) is 9.97. The van der Waals surface area contributed by atoms with E-state index >= 15 is 0 Å². The van der Waals surface area contributed by atoms with Crippen LogP contribution in [-0.4, -0.2) is 61.3 Å². The van der Waals surface area contributed by atoms with Crippen LogP contribution in [0.15, 0.2) is 9.98 Å². The summed E-state index contributed by atoms with van der Waals surface area (Å²) in [6, 6.07) is 0.0419. The number of rotatable bonds is 3. The number of hydrogen-bond donors (Lipinski definition) is 3. The number of aliphatic hydroxyl groups excluding tert-OH is 1. The molecule has 3 N–H and O–H groups in total. The Kier molecular flexibility index (Phi) is 2.76. The van der Waals surface area contributed by atoms with E-state index in [1.54, 1.807) is 6.34 Å². The first-order valence-electron chi connectivity index (χ1n) is 4.72. The van der Waals surface area contributed by atoms with Crippen LogP contribution in [0.5, 0.6) is 0 Å². The summed E-state index contributed by atoms with van der Waals surface area (Å²) in [5.74, 6) is 0.942. The Morgan fingerprint density at radius 3 is 3.36 bits per heavy atom. The predicted molar refractivity (Wildman–Crippen MR) is 54.4 cm³/mol. The van der Waals surface area contributed by atoms with Crippen LogP contribution in [0.1, 0.15) is 0 Å². The highest BCUT2D eigenvalue weighted by atomic mass is 16.3. The molecule has 14 heavy (non-hydrogen) atoms. The van der Waals surface area contributed by atoms with Gasteiger partial charge >= 0.3 is 0 Å². The maximum atomic E-state index is 8.85. The summed E-state index contributed by atoms with van der Waals surface area (Å²) in [5, 5.41) is 15.2. The number of amidine groups is 1. The molecule has 0 radical (unpaired) electrons. The summed E-state index contributed by atoms with van der Waals surface area (Å²) in [4.78, 5) is 10.6. The van der Waals surface area contributed by atoms with E-state index in [-0.39, 0.29) is 18.8 Å². The lowest BCUT2D eigenvalue weighted by Gasteiger charge is -2.28. The first-order chi connectivity index (χ1) is 6.86. The first-order valence-corrected chi connectivity index (χ1v) is 4.72. The van der Waals surface area contributed by atoms with Gasteiger partial charge in [-0.3, -0.25) is 15.3 Å². The quantitative estimate of drug-likeness (QED) is 0.499. The molecule has 2 heterocycles. The minimum absolute atomic E-state index is 0.0419. The number of aliphatic imine (C=N–C) groups is 2. The molecule has 78 valence electrons. The molecule has 6 heteroatoms. The predicted octanol–water partition coefficient (Wildman–Crippen LogP) is -1.80. The number of fused-ring (bicyclic) bond motifs is 1.